The molecular weight excluding hydrogens is 498 g/mol. The zero-order chi connectivity index (χ0) is 26.2. The van der Waals surface area contributed by atoms with Crippen LogP contribution in [0.1, 0.15) is 29.5 Å². The second kappa shape index (κ2) is 14.3. The molecule has 9 heteroatoms. The van der Waals surface area contributed by atoms with Crippen molar-refractivity contribution >= 4 is 17.3 Å². The summed E-state index contributed by atoms with van der Waals surface area (Å²) in [4.78, 5) is 13.0. The second-order valence-electron chi connectivity index (χ2n) is 8.88. The van der Waals surface area contributed by atoms with E-state index in [1.165, 1.54) is 22.9 Å². The summed E-state index contributed by atoms with van der Waals surface area (Å²) in [5.41, 5.74) is 4.66. The smallest absolute Gasteiger partial charge is 0.550 e. The van der Waals surface area contributed by atoms with Crippen LogP contribution in [0.2, 0.25) is 0 Å². The van der Waals surface area contributed by atoms with Crippen molar-refractivity contribution in [1.29, 1.82) is 0 Å². The molecule has 0 radical (unpaired) electrons. The average Bonchev–Trinajstić information content (AvgIpc) is 2.91. The molecule has 0 saturated carbocycles. The summed E-state index contributed by atoms with van der Waals surface area (Å²) in [6.45, 7) is 2.73. The van der Waals surface area contributed by atoms with Crippen LogP contribution in [0, 0.1) is 5.82 Å². The summed E-state index contributed by atoms with van der Waals surface area (Å²) in [6, 6.07) is 16.7. The Bertz CT molecular complexity index is 1240. The van der Waals surface area contributed by atoms with Gasteiger partial charge in [-0.1, -0.05) is 24.3 Å². The van der Waals surface area contributed by atoms with Gasteiger partial charge < -0.3 is 34.3 Å². The first-order valence-electron chi connectivity index (χ1n) is 12.4. The molecule has 0 atom stereocenters. The quantitative estimate of drug-likeness (QED) is 0.350. The van der Waals surface area contributed by atoms with Crippen molar-refractivity contribution in [3.8, 4) is 17.2 Å². The van der Waals surface area contributed by atoms with Crippen LogP contribution < -0.4 is 59.1 Å². The monoisotopic (exact) mass is 530 g/mol. The van der Waals surface area contributed by atoms with Crippen molar-refractivity contribution in [2.24, 2.45) is 0 Å². The largest absolute Gasteiger partial charge is 1.00 e. The van der Waals surface area contributed by atoms with Crippen LogP contribution in [0.5, 0.6) is 17.2 Å². The Morgan fingerprint density at radius 1 is 1.05 bits per heavy atom. The Morgan fingerprint density at radius 2 is 1.84 bits per heavy atom. The van der Waals surface area contributed by atoms with Gasteiger partial charge in [0, 0.05) is 30.4 Å². The molecule has 0 unspecified atom stereocenters. The third kappa shape index (κ3) is 7.34. The number of hydrogen-bond donors (Lipinski definition) is 1. The van der Waals surface area contributed by atoms with Crippen LogP contribution in [-0.2, 0) is 24.2 Å². The molecule has 1 heterocycles. The standard InChI is InChI=1S/C29H33FN2O5.Na/c1-35-26-9-4-10-27(29(26)36-2)37-17-16-32-15-5-7-23-21(6-3-8-25(23)32)19-31-22-13-11-20(24(30)18-22)12-14-28(33)34;/h3-4,6,8-11,13,18,31H,5,7,12,14-17,19H2,1-2H3,(H,33,34);/q;+1/p-1. The number of para-hydroxylation sites is 1. The minimum atomic E-state index is -1.18. The van der Waals surface area contributed by atoms with Gasteiger partial charge in [-0.3, -0.25) is 0 Å². The van der Waals surface area contributed by atoms with Gasteiger partial charge in [0.2, 0.25) is 5.75 Å². The fourth-order valence-corrected chi connectivity index (χ4v) is 4.70. The molecule has 38 heavy (non-hydrogen) atoms. The number of aryl methyl sites for hydroxylation is 1. The van der Waals surface area contributed by atoms with E-state index in [-0.39, 0.29) is 42.4 Å². The molecule has 0 fully saturated rings. The van der Waals surface area contributed by atoms with Gasteiger partial charge in [-0.2, -0.15) is 0 Å². The number of anilines is 2. The maximum Gasteiger partial charge on any atom is 1.00 e. The Labute approximate surface area is 245 Å². The number of nitrogens with zero attached hydrogens (tertiary/aromatic N) is 1. The van der Waals surface area contributed by atoms with E-state index in [2.05, 4.69) is 22.3 Å². The number of fused-ring (bicyclic) bond motifs is 1. The van der Waals surface area contributed by atoms with Gasteiger partial charge in [-0.05, 0) is 72.7 Å². The number of benzene rings is 3. The average molecular weight is 531 g/mol. The number of carboxylic acids is 1. The maximum atomic E-state index is 14.4. The number of hydrogen-bond acceptors (Lipinski definition) is 7. The second-order valence-corrected chi connectivity index (χ2v) is 8.88. The number of carbonyl (C=O) groups excluding carboxylic acids is 1. The van der Waals surface area contributed by atoms with Gasteiger partial charge in [-0.25, -0.2) is 4.39 Å². The first kappa shape index (κ1) is 29.6. The Morgan fingerprint density at radius 3 is 2.58 bits per heavy atom. The molecule has 0 bridgehead atoms. The topological polar surface area (TPSA) is 83.1 Å². The van der Waals surface area contributed by atoms with Crippen molar-refractivity contribution in [2.45, 2.75) is 32.2 Å². The van der Waals surface area contributed by atoms with E-state index in [1.54, 1.807) is 26.4 Å². The van der Waals surface area contributed by atoms with Gasteiger partial charge in [0.25, 0.3) is 0 Å². The maximum absolute atomic E-state index is 14.4. The number of halogens is 1. The summed E-state index contributed by atoms with van der Waals surface area (Å²) in [6.07, 6.45) is 1.93. The first-order chi connectivity index (χ1) is 18.0. The zero-order valence-corrected chi connectivity index (χ0v) is 24.2. The fraction of sp³-hybridized carbons (Fsp3) is 0.345. The number of carbonyl (C=O) groups is 1. The van der Waals surface area contributed by atoms with Crippen LogP contribution >= 0.6 is 0 Å². The SMILES string of the molecule is COc1cccc(OCCN2CCCc3c(CNc4ccc(CCC(=O)[O-])c(F)c4)cccc32)c1OC.[Na+]. The van der Waals surface area contributed by atoms with E-state index >= 15 is 0 Å². The molecule has 7 nitrogen and oxygen atoms in total. The van der Waals surface area contributed by atoms with Crippen molar-refractivity contribution in [3.63, 3.8) is 0 Å². The molecule has 3 aromatic carbocycles. The number of rotatable bonds is 12. The summed E-state index contributed by atoms with van der Waals surface area (Å²) in [5.74, 6) is 0.263. The Hall–Kier alpha value is -2.94. The first-order valence-corrected chi connectivity index (χ1v) is 12.4. The van der Waals surface area contributed by atoms with Crippen molar-refractivity contribution in [2.75, 3.05) is 44.1 Å². The summed E-state index contributed by atoms with van der Waals surface area (Å²) < 4.78 is 31.3. The van der Waals surface area contributed by atoms with E-state index in [4.69, 9.17) is 14.2 Å². The Balaban J connectivity index is 0.00000400. The molecule has 0 saturated heterocycles. The number of aliphatic carboxylic acids is 1. The van der Waals surface area contributed by atoms with E-state index in [0.717, 1.165) is 25.9 Å². The van der Waals surface area contributed by atoms with Crippen LogP contribution in [0.4, 0.5) is 15.8 Å². The number of carboxylic acid groups (broad SMARTS) is 1. The van der Waals surface area contributed by atoms with Crippen LogP contribution in [0.3, 0.4) is 0 Å². The summed E-state index contributed by atoms with van der Waals surface area (Å²) in [5, 5.41) is 14.0. The molecule has 3 aromatic rings. The van der Waals surface area contributed by atoms with Gasteiger partial charge in [0.1, 0.15) is 12.4 Å². The fourth-order valence-electron chi connectivity index (χ4n) is 4.70. The summed E-state index contributed by atoms with van der Waals surface area (Å²) >= 11 is 0. The minimum Gasteiger partial charge on any atom is -0.550 e. The summed E-state index contributed by atoms with van der Waals surface area (Å²) in [7, 11) is 3.20. The minimum absolute atomic E-state index is 0. The normalized spacial score (nSPS) is 12.2. The van der Waals surface area contributed by atoms with E-state index < -0.39 is 11.8 Å². The van der Waals surface area contributed by atoms with E-state index in [0.29, 0.717) is 41.7 Å². The molecule has 4 rings (SSSR count). The third-order valence-corrected chi connectivity index (χ3v) is 6.56. The molecule has 1 aliphatic heterocycles. The van der Waals surface area contributed by atoms with Gasteiger partial charge >= 0.3 is 29.6 Å². The predicted octanol–water partition coefficient (Wildman–Crippen LogP) is 0.973. The van der Waals surface area contributed by atoms with Crippen molar-refractivity contribution in [3.05, 3.63) is 77.1 Å². The molecule has 0 aromatic heterocycles. The van der Waals surface area contributed by atoms with Crippen LogP contribution in [-0.4, -0.2) is 39.9 Å². The predicted molar refractivity (Wildman–Crippen MR) is 139 cm³/mol. The number of methoxy groups -OCH3 is 2. The molecule has 1 N–H and O–H groups in total. The van der Waals surface area contributed by atoms with Crippen molar-refractivity contribution < 1.29 is 58.1 Å². The molecular formula is C29H32FN2NaO5. The van der Waals surface area contributed by atoms with Gasteiger partial charge in [0.15, 0.2) is 11.5 Å². The third-order valence-electron chi connectivity index (χ3n) is 6.56. The molecule has 0 aliphatic carbocycles. The molecule has 0 amide bonds. The number of ether oxygens (including phenoxy) is 3. The Kier molecular flexibility index (Phi) is 11.1. The van der Waals surface area contributed by atoms with Gasteiger partial charge in [0.05, 0.1) is 20.8 Å². The van der Waals surface area contributed by atoms with Crippen molar-refractivity contribution in [1.82, 2.24) is 0 Å². The molecule has 196 valence electrons. The van der Waals surface area contributed by atoms with Crippen LogP contribution in [0.15, 0.2) is 54.6 Å². The van der Waals surface area contributed by atoms with Gasteiger partial charge in [-0.15, -0.1) is 0 Å². The van der Waals surface area contributed by atoms with E-state index in [1.807, 2.05) is 24.3 Å². The van der Waals surface area contributed by atoms with Crippen LogP contribution in [0.25, 0.3) is 0 Å². The zero-order valence-electron chi connectivity index (χ0n) is 22.2. The number of nitrogens with one attached hydrogen (secondary N) is 1. The molecule has 0 spiro atoms. The van der Waals surface area contributed by atoms with E-state index in [9.17, 15) is 14.3 Å². The molecule has 1 aliphatic rings.